The number of rotatable bonds is 6. The van der Waals surface area contributed by atoms with Crippen LogP contribution in [0.5, 0.6) is 0 Å². The van der Waals surface area contributed by atoms with Gasteiger partial charge in [-0.05, 0) is 39.7 Å². The molecular weight excluding hydrogens is 202 g/mol. The smallest absolute Gasteiger partial charge is 0.0634 e. The zero-order chi connectivity index (χ0) is 12.1. The van der Waals surface area contributed by atoms with Crippen molar-refractivity contribution in [1.29, 1.82) is 0 Å². The lowest BCUT2D eigenvalue weighted by Gasteiger charge is -2.37. The normalized spacial score (nSPS) is 21.0. The maximum atomic E-state index is 9.53. The molecule has 2 N–H and O–H groups in total. The number of aliphatic hydroxyl groups is 1. The van der Waals surface area contributed by atoms with Crippen LogP contribution in [0.4, 0.5) is 0 Å². The van der Waals surface area contributed by atoms with Crippen LogP contribution in [0.2, 0.25) is 0 Å². The molecule has 0 radical (unpaired) electrons. The van der Waals surface area contributed by atoms with Gasteiger partial charge in [-0.25, -0.2) is 0 Å². The maximum Gasteiger partial charge on any atom is 0.0634 e. The molecule has 0 unspecified atom stereocenters. The fraction of sp³-hybridized carbons (Fsp3) is 1.00. The van der Waals surface area contributed by atoms with Gasteiger partial charge in [0.05, 0.1) is 12.2 Å². The van der Waals surface area contributed by atoms with Gasteiger partial charge in [0.25, 0.3) is 0 Å². The molecular formula is C13H27NO2. The van der Waals surface area contributed by atoms with Crippen molar-refractivity contribution in [2.75, 3.05) is 20.3 Å². The van der Waals surface area contributed by atoms with Crippen molar-refractivity contribution in [1.82, 2.24) is 5.32 Å². The molecule has 0 aromatic heterocycles. The highest BCUT2D eigenvalue weighted by Crippen LogP contribution is 2.28. The Morgan fingerprint density at radius 2 is 1.88 bits per heavy atom. The third kappa shape index (κ3) is 4.04. The summed E-state index contributed by atoms with van der Waals surface area (Å²) in [5, 5.41) is 13.1. The van der Waals surface area contributed by atoms with E-state index in [1.54, 1.807) is 7.11 Å². The monoisotopic (exact) mass is 229 g/mol. The second-order valence-corrected chi connectivity index (χ2v) is 5.64. The SMILES string of the molecule is COC(C)(C)CCNC1(CO)CCCCC1. The first-order valence-electron chi connectivity index (χ1n) is 6.45. The van der Waals surface area contributed by atoms with Gasteiger partial charge in [0.2, 0.25) is 0 Å². The predicted molar refractivity (Wildman–Crippen MR) is 66.6 cm³/mol. The highest BCUT2D eigenvalue weighted by Gasteiger charge is 2.31. The Labute approximate surface area is 99.6 Å². The van der Waals surface area contributed by atoms with Crippen LogP contribution in [0.1, 0.15) is 52.4 Å². The van der Waals surface area contributed by atoms with Gasteiger partial charge < -0.3 is 15.2 Å². The molecule has 0 atom stereocenters. The van der Waals surface area contributed by atoms with Gasteiger partial charge in [0.1, 0.15) is 0 Å². The molecule has 1 rings (SSSR count). The largest absolute Gasteiger partial charge is 0.394 e. The molecule has 1 saturated carbocycles. The van der Waals surface area contributed by atoms with Gasteiger partial charge in [0, 0.05) is 12.6 Å². The molecule has 0 spiro atoms. The lowest BCUT2D eigenvalue weighted by atomic mass is 9.82. The molecule has 1 aliphatic rings. The number of hydrogen-bond donors (Lipinski definition) is 2. The van der Waals surface area contributed by atoms with E-state index in [1.807, 2.05) is 0 Å². The Bertz CT molecular complexity index is 198. The minimum atomic E-state index is -0.0711. The summed E-state index contributed by atoms with van der Waals surface area (Å²) in [5.41, 5.74) is -0.0830. The molecule has 0 saturated heterocycles. The molecule has 0 aromatic rings. The molecule has 0 aromatic carbocycles. The highest BCUT2D eigenvalue weighted by molar-refractivity contribution is 4.90. The summed E-state index contributed by atoms with van der Waals surface area (Å²) >= 11 is 0. The second-order valence-electron chi connectivity index (χ2n) is 5.64. The van der Waals surface area contributed by atoms with Crippen molar-refractivity contribution in [3.8, 4) is 0 Å². The zero-order valence-electron chi connectivity index (χ0n) is 11.0. The highest BCUT2D eigenvalue weighted by atomic mass is 16.5. The third-order valence-electron chi connectivity index (χ3n) is 3.89. The number of ether oxygens (including phenoxy) is 1. The number of aliphatic hydroxyl groups excluding tert-OH is 1. The van der Waals surface area contributed by atoms with Crippen molar-refractivity contribution >= 4 is 0 Å². The molecule has 0 amide bonds. The van der Waals surface area contributed by atoms with Crippen LogP contribution in [0, 0.1) is 0 Å². The van der Waals surface area contributed by atoms with Crippen molar-refractivity contribution in [2.24, 2.45) is 0 Å². The van der Waals surface area contributed by atoms with Crippen molar-refractivity contribution in [3.05, 3.63) is 0 Å². The number of hydrogen-bond acceptors (Lipinski definition) is 3. The Balaban J connectivity index is 2.33. The minimum Gasteiger partial charge on any atom is -0.394 e. The summed E-state index contributed by atoms with van der Waals surface area (Å²) < 4.78 is 5.39. The van der Waals surface area contributed by atoms with Crippen LogP contribution in [0.15, 0.2) is 0 Å². The van der Waals surface area contributed by atoms with Crippen LogP contribution >= 0.6 is 0 Å². The predicted octanol–water partition coefficient (Wildman–Crippen LogP) is 2.09. The summed E-state index contributed by atoms with van der Waals surface area (Å²) in [6.45, 7) is 5.38. The van der Waals surface area contributed by atoms with E-state index in [0.717, 1.165) is 25.8 Å². The van der Waals surface area contributed by atoms with Gasteiger partial charge in [-0.2, -0.15) is 0 Å². The van der Waals surface area contributed by atoms with Gasteiger partial charge in [-0.1, -0.05) is 19.3 Å². The van der Waals surface area contributed by atoms with Crippen LogP contribution in [-0.4, -0.2) is 36.5 Å². The Kier molecular flexibility index (Phi) is 5.22. The van der Waals surface area contributed by atoms with Crippen LogP contribution in [-0.2, 0) is 4.74 Å². The van der Waals surface area contributed by atoms with Crippen molar-refractivity contribution < 1.29 is 9.84 Å². The molecule has 3 nitrogen and oxygen atoms in total. The maximum absolute atomic E-state index is 9.53. The number of nitrogens with one attached hydrogen (secondary N) is 1. The van der Waals surface area contributed by atoms with E-state index in [1.165, 1.54) is 19.3 Å². The summed E-state index contributed by atoms with van der Waals surface area (Å²) in [5.74, 6) is 0. The topological polar surface area (TPSA) is 41.5 Å². The quantitative estimate of drug-likeness (QED) is 0.733. The summed E-state index contributed by atoms with van der Waals surface area (Å²) in [6.07, 6.45) is 6.98. The zero-order valence-corrected chi connectivity index (χ0v) is 11.0. The molecule has 0 aliphatic heterocycles. The fourth-order valence-electron chi connectivity index (χ4n) is 2.35. The Hall–Kier alpha value is -0.120. The fourth-order valence-corrected chi connectivity index (χ4v) is 2.35. The van der Waals surface area contributed by atoms with E-state index in [4.69, 9.17) is 4.74 Å². The number of methoxy groups -OCH3 is 1. The van der Waals surface area contributed by atoms with E-state index < -0.39 is 0 Å². The first-order valence-corrected chi connectivity index (χ1v) is 6.45. The summed E-state index contributed by atoms with van der Waals surface area (Å²) in [7, 11) is 1.75. The van der Waals surface area contributed by atoms with Gasteiger partial charge in [0.15, 0.2) is 0 Å². The third-order valence-corrected chi connectivity index (χ3v) is 3.89. The Morgan fingerprint density at radius 3 is 2.38 bits per heavy atom. The van der Waals surface area contributed by atoms with Gasteiger partial charge in [-0.3, -0.25) is 0 Å². The van der Waals surface area contributed by atoms with E-state index in [2.05, 4.69) is 19.2 Å². The summed E-state index contributed by atoms with van der Waals surface area (Å²) in [6, 6.07) is 0. The lowest BCUT2D eigenvalue weighted by Crippen LogP contribution is -2.51. The van der Waals surface area contributed by atoms with E-state index in [-0.39, 0.29) is 17.7 Å². The average molecular weight is 229 g/mol. The minimum absolute atomic E-state index is 0.0118. The molecule has 96 valence electrons. The first-order chi connectivity index (χ1) is 7.54. The standard InChI is InChI=1S/C13H27NO2/c1-12(2,16-3)9-10-14-13(11-15)7-5-4-6-8-13/h14-15H,4-11H2,1-3H3. The van der Waals surface area contributed by atoms with Crippen LogP contribution in [0.25, 0.3) is 0 Å². The molecule has 16 heavy (non-hydrogen) atoms. The van der Waals surface area contributed by atoms with Crippen molar-refractivity contribution in [3.63, 3.8) is 0 Å². The molecule has 3 heteroatoms. The Morgan fingerprint density at radius 1 is 1.25 bits per heavy atom. The summed E-state index contributed by atoms with van der Waals surface area (Å²) in [4.78, 5) is 0. The van der Waals surface area contributed by atoms with Crippen LogP contribution < -0.4 is 5.32 Å². The van der Waals surface area contributed by atoms with Gasteiger partial charge >= 0.3 is 0 Å². The molecule has 1 fully saturated rings. The van der Waals surface area contributed by atoms with E-state index in [9.17, 15) is 5.11 Å². The van der Waals surface area contributed by atoms with Gasteiger partial charge in [-0.15, -0.1) is 0 Å². The van der Waals surface area contributed by atoms with Crippen LogP contribution in [0.3, 0.4) is 0 Å². The average Bonchev–Trinajstić information content (AvgIpc) is 2.30. The second kappa shape index (κ2) is 5.99. The molecule has 0 heterocycles. The molecule has 0 bridgehead atoms. The first kappa shape index (κ1) is 13.9. The lowest BCUT2D eigenvalue weighted by molar-refractivity contribution is 0.0116. The van der Waals surface area contributed by atoms with E-state index >= 15 is 0 Å². The van der Waals surface area contributed by atoms with Crippen molar-refractivity contribution in [2.45, 2.75) is 63.5 Å². The molecule has 1 aliphatic carbocycles. The van der Waals surface area contributed by atoms with E-state index in [0.29, 0.717) is 0 Å².